The minimum atomic E-state index is -3.51. The van der Waals surface area contributed by atoms with Crippen LogP contribution in [-0.4, -0.2) is 31.7 Å². The second kappa shape index (κ2) is 7.13. The van der Waals surface area contributed by atoms with Crippen molar-refractivity contribution in [2.75, 3.05) is 18.4 Å². The standard InChI is InChI=1S/C21H20N2O3S/c24-21(20-12-5-8-16-7-1-2-11-19(16)20)22-17-9-6-10-18(15-17)27(25,26)23-13-3-4-14-23/h1-2,5-12,15H,3-4,13-14H2,(H,22,24). The van der Waals surface area contributed by atoms with Crippen molar-refractivity contribution < 1.29 is 13.2 Å². The maximum absolute atomic E-state index is 12.8. The minimum absolute atomic E-state index is 0.208. The molecular weight excluding hydrogens is 360 g/mol. The Hall–Kier alpha value is -2.70. The SMILES string of the molecule is O=C(Nc1cccc(S(=O)(=O)N2CCCC2)c1)c1cccc2ccccc12. The molecule has 1 fully saturated rings. The number of benzene rings is 3. The van der Waals surface area contributed by atoms with Crippen molar-refractivity contribution in [3.05, 3.63) is 72.3 Å². The fourth-order valence-electron chi connectivity index (χ4n) is 3.43. The highest BCUT2D eigenvalue weighted by Gasteiger charge is 2.27. The summed E-state index contributed by atoms with van der Waals surface area (Å²) in [6, 6.07) is 19.7. The summed E-state index contributed by atoms with van der Waals surface area (Å²) < 4.78 is 27.0. The number of rotatable bonds is 4. The fraction of sp³-hybridized carbons (Fsp3) is 0.190. The second-order valence-electron chi connectivity index (χ2n) is 6.62. The van der Waals surface area contributed by atoms with Gasteiger partial charge in [-0.15, -0.1) is 0 Å². The van der Waals surface area contributed by atoms with Gasteiger partial charge in [0.1, 0.15) is 0 Å². The number of anilines is 1. The summed E-state index contributed by atoms with van der Waals surface area (Å²) in [6.45, 7) is 1.10. The van der Waals surface area contributed by atoms with Crippen molar-refractivity contribution in [2.24, 2.45) is 0 Å². The lowest BCUT2D eigenvalue weighted by molar-refractivity contribution is 0.102. The van der Waals surface area contributed by atoms with E-state index in [4.69, 9.17) is 0 Å². The molecule has 4 rings (SSSR count). The highest BCUT2D eigenvalue weighted by Crippen LogP contribution is 2.24. The van der Waals surface area contributed by atoms with Crippen LogP contribution >= 0.6 is 0 Å². The topological polar surface area (TPSA) is 66.5 Å². The Morgan fingerprint density at radius 3 is 2.41 bits per heavy atom. The Morgan fingerprint density at radius 2 is 1.59 bits per heavy atom. The van der Waals surface area contributed by atoms with E-state index in [0.29, 0.717) is 24.3 Å². The van der Waals surface area contributed by atoms with Crippen LogP contribution < -0.4 is 5.32 Å². The van der Waals surface area contributed by atoms with Gasteiger partial charge in [-0.2, -0.15) is 4.31 Å². The lowest BCUT2D eigenvalue weighted by Gasteiger charge is -2.16. The molecule has 6 heteroatoms. The van der Waals surface area contributed by atoms with Crippen molar-refractivity contribution >= 4 is 32.4 Å². The Bertz CT molecular complexity index is 1100. The van der Waals surface area contributed by atoms with Gasteiger partial charge in [-0.05, 0) is 47.9 Å². The number of fused-ring (bicyclic) bond motifs is 1. The number of nitrogens with zero attached hydrogens (tertiary/aromatic N) is 1. The first-order valence-corrected chi connectivity index (χ1v) is 10.4. The third kappa shape index (κ3) is 3.46. The zero-order valence-electron chi connectivity index (χ0n) is 14.8. The van der Waals surface area contributed by atoms with Gasteiger partial charge in [0.15, 0.2) is 0 Å². The molecule has 0 radical (unpaired) electrons. The van der Waals surface area contributed by atoms with Crippen LogP contribution in [0.2, 0.25) is 0 Å². The fourth-order valence-corrected chi connectivity index (χ4v) is 5.00. The summed E-state index contributed by atoms with van der Waals surface area (Å²) in [5.41, 5.74) is 1.02. The van der Waals surface area contributed by atoms with E-state index in [2.05, 4.69) is 5.32 Å². The van der Waals surface area contributed by atoms with Gasteiger partial charge in [0.25, 0.3) is 5.91 Å². The largest absolute Gasteiger partial charge is 0.322 e. The Balaban J connectivity index is 1.62. The molecule has 0 unspecified atom stereocenters. The molecule has 0 aliphatic carbocycles. The summed E-state index contributed by atoms with van der Waals surface area (Å²) in [4.78, 5) is 13.0. The van der Waals surface area contributed by atoms with Crippen molar-refractivity contribution in [1.29, 1.82) is 0 Å². The van der Waals surface area contributed by atoms with Gasteiger partial charge in [-0.25, -0.2) is 8.42 Å². The van der Waals surface area contributed by atoms with Gasteiger partial charge in [0.2, 0.25) is 10.0 Å². The molecular formula is C21H20N2O3S. The second-order valence-corrected chi connectivity index (χ2v) is 8.56. The Morgan fingerprint density at radius 1 is 0.889 bits per heavy atom. The minimum Gasteiger partial charge on any atom is -0.322 e. The summed E-state index contributed by atoms with van der Waals surface area (Å²) in [5.74, 6) is -0.262. The Labute approximate surface area is 158 Å². The van der Waals surface area contributed by atoms with E-state index < -0.39 is 10.0 Å². The van der Waals surface area contributed by atoms with Gasteiger partial charge in [0.05, 0.1) is 4.90 Å². The van der Waals surface area contributed by atoms with E-state index in [0.717, 1.165) is 23.6 Å². The molecule has 138 valence electrons. The van der Waals surface area contributed by atoms with Gasteiger partial charge in [-0.1, -0.05) is 42.5 Å². The van der Waals surface area contributed by atoms with Crippen LogP contribution in [0.15, 0.2) is 71.6 Å². The van der Waals surface area contributed by atoms with Gasteiger partial charge >= 0.3 is 0 Å². The van der Waals surface area contributed by atoms with E-state index in [1.165, 1.54) is 10.4 Å². The first-order valence-electron chi connectivity index (χ1n) is 8.95. The van der Waals surface area contributed by atoms with E-state index in [-0.39, 0.29) is 10.8 Å². The number of carbonyl (C=O) groups excluding carboxylic acids is 1. The molecule has 0 spiro atoms. The van der Waals surface area contributed by atoms with Gasteiger partial charge in [-0.3, -0.25) is 4.79 Å². The maximum atomic E-state index is 12.8. The monoisotopic (exact) mass is 380 g/mol. The quantitative estimate of drug-likeness (QED) is 0.747. The molecule has 27 heavy (non-hydrogen) atoms. The zero-order valence-corrected chi connectivity index (χ0v) is 15.6. The predicted molar refractivity (Wildman–Crippen MR) is 106 cm³/mol. The lowest BCUT2D eigenvalue weighted by atomic mass is 10.0. The highest BCUT2D eigenvalue weighted by atomic mass is 32.2. The molecule has 0 atom stereocenters. The smallest absolute Gasteiger partial charge is 0.256 e. The van der Waals surface area contributed by atoms with Crippen molar-refractivity contribution in [3.8, 4) is 0 Å². The molecule has 1 amide bonds. The van der Waals surface area contributed by atoms with E-state index in [1.54, 1.807) is 24.3 Å². The number of amides is 1. The first kappa shape index (κ1) is 17.7. The van der Waals surface area contributed by atoms with Crippen molar-refractivity contribution in [3.63, 3.8) is 0 Å². The molecule has 1 aliphatic rings. The average Bonchev–Trinajstić information content (AvgIpc) is 3.23. The molecule has 3 aromatic rings. The van der Waals surface area contributed by atoms with Crippen LogP contribution in [0.4, 0.5) is 5.69 Å². The summed E-state index contributed by atoms with van der Waals surface area (Å²) in [5, 5.41) is 4.67. The summed E-state index contributed by atoms with van der Waals surface area (Å²) >= 11 is 0. The number of hydrogen-bond acceptors (Lipinski definition) is 3. The zero-order chi connectivity index (χ0) is 18.9. The molecule has 5 nitrogen and oxygen atoms in total. The lowest BCUT2D eigenvalue weighted by Crippen LogP contribution is -2.27. The molecule has 0 saturated carbocycles. The van der Waals surface area contributed by atoms with E-state index in [9.17, 15) is 13.2 Å². The molecule has 1 saturated heterocycles. The number of nitrogens with one attached hydrogen (secondary N) is 1. The van der Waals surface area contributed by atoms with E-state index in [1.807, 2.05) is 36.4 Å². The van der Waals surface area contributed by atoms with Crippen molar-refractivity contribution in [2.45, 2.75) is 17.7 Å². The van der Waals surface area contributed by atoms with E-state index >= 15 is 0 Å². The Kier molecular flexibility index (Phi) is 4.68. The van der Waals surface area contributed by atoms with Crippen molar-refractivity contribution in [1.82, 2.24) is 4.31 Å². The summed E-state index contributed by atoms with van der Waals surface area (Å²) in [7, 11) is -3.51. The molecule has 1 N–H and O–H groups in total. The molecule has 1 aliphatic heterocycles. The summed E-state index contributed by atoms with van der Waals surface area (Å²) in [6.07, 6.45) is 1.77. The number of sulfonamides is 1. The predicted octanol–water partition coefficient (Wildman–Crippen LogP) is 3.88. The molecule has 0 bridgehead atoms. The van der Waals surface area contributed by atoms with Crippen LogP contribution in [0.3, 0.4) is 0 Å². The normalized spacial score (nSPS) is 15.1. The first-order chi connectivity index (χ1) is 13.1. The average molecular weight is 380 g/mol. The number of hydrogen-bond donors (Lipinski definition) is 1. The van der Waals surface area contributed by atoms with Gasteiger partial charge < -0.3 is 5.32 Å². The van der Waals surface area contributed by atoms with Crippen LogP contribution in [0.5, 0.6) is 0 Å². The third-order valence-corrected chi connectivity index (χ3v) is 6.72. The molecule has 1 heterocycles. The van der Waals surface area contributed by atoms with Crippen LogP contribution in [0.1, 0.15) is 23.2 Å². The third-order valence-electron chi connectivity index (χ3n) is 4.83. The van der Waals surface area contributed by atoms with Crippen LogP contribution in [0, 0.1) is 0 Å². The maximum Gasteiger partial charge on any atom is 0.256 e. The van der Waals surface area contributed by atoms with Gasteiger partial charge in [0, 0.05) is 24.3 Å². The molecule has 3 aromatic carbocycles. The van der Waals surface area contributed by atoms with Crippen LogP contribution in [-0.2, 0) is 10.0 Å². The van der Waals surface area contributed by atoms with Crippen LogP contribution in [0.25, 0.3) is 10.8 Å². The molecule has 0 aromatic heterocycles. The highest BCUT2D eigenvalue weighted by molar-refractivity contribution is 7.89. The number of carbonyl (C=O) groups is 1.